The van der Waals surface area contributed by atoms with Gasteiger partial charge < -0.3 is 9.64 Å². The Hall–Kier alpha value is -3.62. The molecule has 0 unspecified atom stereocenters. The van der Waals surface area contributed by atoms with Gasteiger partial charge in [0.05, 0.1) is 6.61 Å². The van der Waals surface area contributed by atoms with Gasteiger partial charge in [-0.25, -0.2) is 0 Å². The van der Waals surface area contributed by atoms with Crippen molar-refractivity contribution in [3.05, 3.63) is 83.9 Å². The normalized spacial score (nSPS) is 9.84. The van der Waals surface area contributed by atoms with Gasteiger partial charge >= 0.3 is 0 Å². The quantitative estimate of drug-likeness (QED) is 0.257. The molecule has 0 aliphatic rings. The van der Waals surface area contributed by atoms with E-state index in [1.807, 2.05) is 13.8 Å². The van der Waals surface area contributed by atoms with Crippen LogP contribution in [0.15, 0.2) is 72.8 Å². The minimum Gasteiger partial charge on any atom is -0.494 e. The standard InChI is InChI=1S/C30H31NO/c1-4-7-8-9-24-32-30-22-20-29(21-23-30)31(27-16-12-25(10-5-2)13-17-27)28-18-14-26(11-6-3)15-19-28/h12-23H,4,7-9,24H2,1-3H3. The number of unbranched alkanes of at least 4 members (excludes halogenated alkanes) is 3. The maximum atomic E-state index is 5.94. The number of rotatable bonds is 9. The first-order valence-electron chi connectivity index (χ1n) is 11.3. The molecule has 0 heterocycles. The van der Waals surface area contributed by atoms with Crippen molar-refractivity contribution in [2.45, 2.75) is 46.5 Å². The highest BCUT2D eigenvalue weighted by molar-refractivity contribution is 5.77. The smallest absolute Gasteiger partial charge is 0.119 e. The van der Waals surface area contributed by atoms with Gasteiger partial charge in [0.15, 0.2) is 0 Å². The SMILES string of the molecule is CC#Cc1ccc(N(c2ccc(C#CC)cc2)c2ccc(OCCCCCC)cc2)cc1. The van der Waals surface area contributed by atoms with Crippen LogP contribution in [-0.2, 0) is 0 Å². The molecule has 0 bridgehead atoms. The fourth-order valence-corrected chi connectivity index (χ4v) is 3.53. The van der Waals surface area contributed by atoms with E-state index in [1.54, 1.807) is 0 Å². The van der Waals surface area contributed by atoms with Gasteiger partial charge in [0.2, 0.25) is 0 Å². The number of anilines is 3. The van der Waals surface area contributed by atoms with E-state index in [9.17, 15) is 0 Å². The maximum absolute atomic E-state index is 5.94. The van der Waals surface area contributed by atoms with Crippen molar-refractivity contribution in [1.82, 2.24) is 0 Å². The Labute approximate surface area is 193 Å². The minimum absolute atomic E-state index is 0.767. The van der Waals surface area contributed by atoms with Crippen molar-refractivity contribution in [3.8, 4) is 29.4 Å². The predicted molar refractivity (Wildman–Crippen MR) is 136 cm³/mol. The van der Waals surface area contributed by atoms with Gasteiger partial charge in [-0.2, -0.15) is 0 Å². The fourth-order valence-electron chi connectivity index (χ4n) is 3.53. The minimum atomic E-state index is 0.767. The Bertz CT molecular complexity index is 1020. The Morgan fingerprint density at radius 1 is 0.625 bits per heavy atom. The third kappa shape index (κ3) is 6.44. The number of ether oxygens (including phenoxy) is 1. The van der Waals surface area contributed by atoms with Gasteiger partial charge in [-0.15, -0.1) is 11.8 Å². The summed E-state index contributed by atoms with van der Waals surface area (Å²) < 4.78 is 5.94. The highest BCUT2D eigenvalue weighted by Gasteiger charge is 2.12. The molecule has 3 aromatic rings. The highest BCUT2D eigenvalue weighted by Crippen LogP contribution is 2.35. The molecular weight excluding hydrogens is 390 g/mol. The zero-order valence-electron chi connectivity index (χ0n) is 19.3. The average Bonchev–Trinajstić information content (AvgIpc) is 2.83. The first-order chi connectivity index (χ1) is 15.7. The van der Waals surface area contributed by atoms with E-state index < -0.39 is 0 Å². The summed E-state index contributed by atoms with van der Waals surface area (Å²) in [5, 5.41) is 0. The second kappa shape index (κ2) is 12.3. The van der Waals surface area contributed by atoms with Crippen molar-refractivity contribution in [2.75, 3.05) is 11.5 Å². The van der Waals surface area contributed by atoms with Crippen molar-refractivity contribution in [2.24, 2.45) is 0 Å². The summed E-state index contributed by atoms with van der Waals surface area (Å²) in [5.74, 6) is 13.1. The largest absolute Gasteiger partial charge is 0.494 e. The Balaban J connectivity index is 1.86. The van der Waals surface area contributed by atoms with E-state index in [2.05, 4.69) is 108 Å². The molecule has 3 aromatic carbocycles. The molecule has 32 heavy (non-hydrogen) atoms. The van der Waals surface area contributed by atoms with Crippen molar-refractivity contribution in [3.63, 3.8) is 0 Å². The first kappa shape index (κ1) is 23.1. The lowest BCUT2D eigenvalue weighted by molar-refractivity contribution is 0.305. The van der Waals surface area contributed by atoms with Crippen LogP contribution in [0.1, 0.15) is 57.6 Å². The summed E-state index contributed by atoms with van der Waals surface area (Å²) in [6.07, 6.45) is 4.83. The molecule has 2 heteroatoms. The highest BCUT2D eigenvalue weighted by atomic mass is 16.5. The van der Waals surface area contributed by atoms with Crippen LogP contribution in [0.4, 0.5) is 17.1 Å². The summed E-state index contributed by atoms with van der Waals surface area (Å²) >= 11 is 0. The van der Waals surface area contributed by atoms with E-state index in [0.717, 1.165) is 47.0 Å². The second-order valence-electron chi connectivity index (χ2n) is 7.58. The van der Waals surface area contributed by atoms with Gasteiger partial charge in [0.25, 0.3) is 0 Å². The lowest BCUT2D eigenvalue weighted by Crippen LogP contribution is -2.10. The predicted octanol–water partition coefficient (Wildman–Crippen LogP) is 7.86. The maximum Gasteiger partial charge on any atom is 0.119 e. The number of hydrogen-bond donors (Lipinski definition) is 0. The van der Waals surface area contributed by atoms with Crippen molar-refractivity contribution < 1.29 is 4.74 Å². The number of benzene rings is 3. The molecule has 0 N–H and O–H groups in total. The molecule has 0 aromatic heterocycles. The van der Waals surface area contributed by atoms with Gasteiger partial charge in [-0.05, 0) is 93.1 Å². The number of hydrogen-bond acceptors (Lipinski definition) is 2. The topological polar surface area (TPSA) is 12.5 Å². The average molecular weight is 422 g/mol. The summed E-state index contributed by atoms with van der Waals surface area (Å²) in [7, 11) is 0. The molecule has 2 nitrogen and oxygen atoms in total. The van der Waals surface area contributed by atoms with Crippen LogP contribution >= 0.6 is 0 Å². The van der Waals surface area contributed by atoms with E-state index in [4.69, 9.17) is 4.74 Å². The van der Waals surface area contributed by atoms with E-state index >= 15 is 0 Å². The molecule has 0 radical (unpaired) electrons. The van der Waals surface area contributed by atoms with Gasteiger partial charge in [0.1, 0.15) is 5.75 Å². The number of nitrogens with zero attached hydrogens (tertiary/aromatic N) is 1. The molecular formula is C30H31NO. The van der Waals surface area contributed by atoms with Gasteiger partial charge in [-0.3, -0.25) is 0 Å². The van der Waals surface area contributed by atoms with E-state index in [-0.39, 0.29) is 0 Å². The van der Waals surface area contributed by atoms with Crippen LogP contribution in [0.3, 0.4) is 0 Å². The van der Waals surface area contributed by atoms with Crippen LogP contribution in [0.2, 0.25) is 0 Å². The lowest BCUT2D eigenvalue weighted by Gasteiger charge is -2.25. The van der Waals surface area contributed by atoms with Crippen LogP contribution in [0.5, 0.6) is 5.75 Å². The lowest BCUT2D eigenvalue weighted by atomic mass is 10.1. The van der Waals surface area contributed by atoms with Gasteiger partial charge in [0, 0.05) is 28.2 Å². The summed E-state index contributed by atoms with van der Waals surface area (Å²) in [5.41, 5.74) is 5.25. The van der Waals surface area contributed by atoms with Crippen LogP contribution in [0, 0.1) is 23.7 Å². The van der Waals surface area contributed by atoms with Crippen molar-refractivity contribution >= 4 is 17.1 Å². The van der Waals surface area contributed by atoms with Crippen LogP contribution < -0.4 is 9.64 Å². The molecule has 0 atom stereocenters. The molecule has 0 saturated heterocycles. The molecule has 0 spiro atoms. The first-order valence-corrected chi connectivity index (χ1v) is 11.3. The summed E-state index contributed by atoms with van der Waals surface area (Å²) in [4.78, 5) is 2.23. The van der Waals surface area contributed by atoms with Crippen LogP contribution in [-0.4, -0.2) is 6.61 Å². The monoisotopic (exact) mass is 421 g/mol. The summed E-state index contributed by atoms with van der Waals surface area (Å²) in [6.45, 7) is 6.70. The Kier molecular flexibility index (Phi) is 8.85. The summed E-state index contributed by atoms with van der Waals surface area (Å²) in [6, 6.07) is 25.0. The molecule has 0 fully saturated rings. The molecule has 162 valence electrons. The zero-order chi connectivity index (χ0) is 22.6. The second-order valence-corrected chi connectivity index (χ2v) is 7.58. The van der Waals surface area contributed by atoms with E-state index in [0.29, 0.717) is 0 Å². The Morgan fingerprint density at radius 2 is 1.09 bits per heavy atom. The zero-order valence-corrected chi connectivity index (χ0v) is 19.3. The van der Waals surface area contributed by atoms with Gasteiger partial charge in [-0.1, -0.05) is 38.0 Å². The van der Waals surface area contributed by atoms with Crippen molar-refractivity contribution in [1.29, 1.82) is 0 Å². The molecule has 3 rings (SSSR count). The fraction of sp³-hybridized carbons (Fsp3) is 0.267. The third-order valence-electron chi connectivity index (χ3n) is 5.15. The Morgan fingerprint density at radius 3 is 1.53 bits per heavy atom. The third-order valence-corrected chi connectivity index (χ3v) is 5.15. The molecule has 0 saturated carbocycles. The molecule has 0 aliphatic carbocycles. The molecule has 0 amide bonds. The molecule has 0 aliphatic heterocycles. The van der Waals surface area contributed by atoms with Crippen LogP contribution in [0.25, 0.3) is 0 Å². The van der Waals surface area contributed by atoms with E-state index in [1.165, 1.54) is 19.3 Å².